The number of esters is 1. The second-order valence-corrected chi connectivity index (χ2v) is 4.57. The number of ether oxygens (including phenoxy) is 1. The summed E-state index contributed by atoms with van der Waals surface area (Å²) in [6.07, 6.45) is 5.64. The molecule has 0 N–H and O–H groups in total. The smallest absolute Gasteiger partial charge is 0.305 e. The monoisotopic (exact) mass is 198 g/mol. The number of hydrogen-bond donors (Lipinski definition) is 0. The van der Waals surface area contributed by atoms with Crippen LogP contribution in [0.5, 0.6) is 0 Å². The second kappa shape index (κ2) is 5.38. The zero-order chi connectivity index (χ0) is 10.6. The van der Waals surface area contributed by atoms with Gasteiger partial charge in [0.1, 0.15) is 6.10 Å². The van der Waals surface area contributed by atoms with Crippen molar-refractivity contribution in [2.45, 2.75) is 59.0 Å². The van der Waals surface area contributed by atoms with Crippen molar-refractivity contribution < 1.29 is 9.53 Å². The van der Waals surface area contributed by atoms with Crippen molar-refractivity contribution >= 4 is 5.97 Å². The summed E-state index contributed by atoms with van der Waals surface area (Å²) in [6, 6.07) is 0. The van der Waals surface area contributed by atoms with Crippen LogP contribution in [-0.2, 0) is 9.53 Å². The van der Waals surface area contributed by atoms with E-state index in [1.54, 1.807) is 0 Å². The van der Waals surface area contributed by atoms with Crippen LogP contribution in [0.25, 0.3) is 0 Å². The van der Waals surface area contributed by atoms with Gasteiger partial charge in [-0.05, 0) is 31.6 Å². The first-order valence-corrected chi connectivity index (χ1v) is 5.83. The lowest BCUT2D eigenvalue weighted by Crippen LogP contribution is -2.27. The molecule has 0 bridgehead atoms. The van der Waals surface area contributed by atoms with Crippen LogP contribution in [0.3, 0.4) is 0 Å². The Bertz CT molecular complexity index is 181. The predicted molar refractivity (Wildman–Crippen MR) is 57.0 cm³/mol. The molecule has 1 aliphatic rings. The second-order valence-electron chi connectivity index (χ2n) is 4.57. The van der Waals surface area contributed by atoms with Gasteiger partial charge in [0.15, 0.2) is 0 Å². The van der Waals surface area contributed by atoms with Crippen LogP contribution in [0.15, 0.2) is 0 Å². The summed E-state index contributed by atoms with van der Waals surface area (Å²) < 4.78 is 5.34. The highest BCUT2D eigenvalue weighted by molar-refractivity contribution is 5.69. The van der Waals surface area contributed by atoms with Gasteiger partial charge >= 0.3 is 5.97 Å². The van der Waals surface area contributed by atoms with Crippen molar-refractivity contribution in [2.24, 2.45) is 11.8 Å². The molecule has 1 unspecified atom stereocenters. The summed E-state index contributed by atoms with van der Waals surface area (Å²) in [5, 5.41) is 0. The average molecular weight is 198 g/mol. The van der Waals surface area contributed by atoms with Gasteiger partial charge in [0.2, 0.25) is 0 Å². The predicted octanol–water partition coefficient (Wildman–Crippen LogP) is 3.15. The molecule has 14 heavy (non-hydrogen) atoms. The van der Waals surface area contributed by atoms with Crippen LogP contribution in [0.4, 0.5) is 0 Å². The maximum absolute atomic E-state index is 11.1. The molecule has 2 heteroatoms. The van der Waals surface area contributed by atoms with E-state index in [0.717, 1.165) is 5.92 Å². The van der Waals surface area contributed by atoms with Crippen LogP contribution < -0.4 is 0 Å². The molecular weight excluding hydrogens is 176 g/mol. The van der Waals surface area contributed by atoms with Gasteiger partial charge in [-0.2, -0.15) is 0 Å². The fourth-order valence-electron chi connectivity index (χ4n) is 2.14. The summed E-state index contributed by atoms with van der Waals surface area (Å²) in [7, 11) is 0. The molecule has 1 rings (SSSR count). The molecule has 1 fully saturated rings. The normalized spacial score (nSPS) is 29.6. The Morgan fingerprint density at radius 3 is 2.43 bits per heavy atom. The number of carbonyl (C=O) groups excluding carboxylic acids is 1. The molecule has 0 aromatic heterocycles. The molecule has 0 aromatic rings. The third kappa shape index (κ3) is 3.32. The molecule has 0 radical (unpaired) electrons. The van der Waals surface area contributed by atoms with E-state index in [9.17, 15) is 4.79 Å². The summed E-state index contributed by atoms with van der Waals surface area (Å²) >= 11 is 0. The van der Waals surface area contributed by atoms with Crippen LogP contribution in [0.2, 0.25) is 0 Å². The topological polar surface area (TPSA) is 26.3 Å². The van der Waals surface area contributed by atoms with Gasteiger partial charge in [-0.1, -0.05) is 26.7 Å². The molecule has 82 valence electrons. The van der Waals surface area contributed by atoms with Gasteiger partial charge in [0.05, 0.1) is 0 Å². The minimum atomic E-state index is -0.0591. The minimum Gasteiger partial charge on any atom is -0.462 e. The summed E-state index contributed by atoms with van der Waals surface area (Å²) in [6.45, 7) is 6.19. The van der Waals surface area contributed by atoms with Crippen molar-refractivity contribution in [3.63, 3.8) is 0 Å². The van der Waals surface area contributed by atoms with Crippen molar-refractivity contribution in [3.05, 3.63) is 0 Å². The summed E-state index contributed by atoms with van der Waals surface area (Å²) in [4.78, 5) is 11.1. The standard InChI is InChI=1S/C12H22O2/c1-4-12(13)14-10(3)11-7-5-9(2)6-8-11/h9-11H,4-8H2,1-3H3/t9-,10?,11-. The molecule has 0 amide bonds. The van der Waals surface area contributed by atoms with Crippen molar-refractivity contribution in [1.82, 2.24) is 0 Å². The molecule has 0 heterocycles. The average Bonchev–Trinajstić information content (AvgIpc) is 2.18. The van der Waals surface area contributed by atoms with Crippen LogP contribution in [0.1, 0.15) is 52.9 Å². The minimum absolute atomic E-state index is 0.0591. The van der Waals surface area contributed by atoms with Crippen molar-refractivity contribution in [1.29, 1.82) is 0 Å². The molecule has 0 aliphatic heterocycles. The zero-order valence-electron chi connectivity index (χ0n) is 9.58. The third-order valence-corrected chi connectivity index (χ3v) is 3.33. The van der Waals surface area contributed by atoms with Gasteiger partial charge in [-0.15, -0.1) is 0 Å². The van der Waals surface area contributed by atoms with Crippen LogP contribution in [0, 0.1) is 11.8 Å². The Hall–Kier alpha value is -0.530. The first-order chi connectivity index (χ1) is 6.63. The molecule has 1 atom stereocenters. The molecule has 2 nitrogen and oxygen atoms in total. The maximum atomic E-state index is 11.1. The van der Waals surface area contributed by atoms with E-state index in [-0.39, 0.29) is 12.1 Å². The Balaban J connectivity index is 2.30. The van der Waals surface area contributed by atoms with Crippen molar-refractivity contribution in [3.8, 4) is 0 Å². The van der Waals surface area contributed by atoms with E-state index in [1.807, 2.05) is 13.8 Å². The first kappa shape index (κ1) is 11.5. The SMILES string of the molecule is CCC(=O)OC(C)[C@H]1CC[C@H](C)CC1. The van der Waals surface area contributed by atoms with Crippen molar-refractivity contribution in [2.75, 3.05) is 0 Å². The number of rotatable bonds is 3. The van der Waals surface area contributed by atoms with Gasteiger partial charge in [-0.3, -0.25) is 4.79 Å². The van der Waals surface area contributed by atoms with Crippen LogP contribution in [-0.4, -0.2) is 12.1 Å². The highest BCUT2D eigenvalue weighted by atomic mass is 16.5. The van der Waals surface area contributed by atoms with Gasteiger partial charge in [0.25, 0.3) is 0 Å². The Morgan fingerprint density at radius 1 is 1.36 bits per heavy atom. The fourth-order valence-corrected chi connectivity index (χ4v) is 2.14. The van der Waals surface area contributed by atoms with Gasteiger partial charge in [-0.25, -0.2) is 0 Å². The first-order valence-electron chi connectivity index (χ1n) is 5.83. The summed E-state index contributed by atoms with van der Waals surface area (Å²) in [5.74, 6) is 1.40. The quantitative estimate of drug-likeness (QED) is 0.651. The van der Waals surface area contributed by atoms with Gasteiger partial charge < -0.3 is 4.74 Å². The van der Waals surface area contributed by atoms with Gasteiger partial charge in [0, 0.05) is 6.42 Å². The molecule has 0 aromatic carbocycles. The molecule has 1 saturated carbocycles. The molecule has 1 aliphatic carbocycles. The van der Waals surface area contributed by atoms with E-state index < -0.39 is 0 Å². The highest BCUT2D eigenvalue weighted by Gasteiger charge is 2.25. The van der Waals surface area contributed by atoms with E-state index in [0.29, 0.717) is 12.3 Å². The molecule has 0 saturated heterocycles. The fraction of sp³-hybridized carbons (Fsp3) is 0.917. The van der Waals surface area contributed by atoms with Crippen LogP contribution >= 0.6 is 0 Å². The summed E-state index contributed by atoms with van der Waals surface area (Å²) in [5.41, 5.74) is 0. The Morgan fingerprint density at radius 2 is 1.93 bits per heavy atom. The van der Waals surface area contributed by atoms with E-state index in [1.165, 1.54) is 25.7 Å². The lowest BCUT2D eigenvalue weighted by Gasteiger charge is -2.30. The Labute approximate surface area is 87.0 Å². The largest absolute Gasteiger partial charge is 0.462 e. The van der Waals surface area contributed by atoms with E-state index >= 15 is 0 Å². The zero-order valence-corrected chi connectivity index (χ0v) is 9.58. The number of hydrogen-bond acceptors (Lipinski definition) is 2. The van der Waals surface area contributed by atoms with E-state index in [4.69, 9.17) is 4.74 Å². The molecule has 0 spiro atoms. The lowest BCUT2D eigenvalue weighted by molar-refractivity contribution is -0.151. The lowest BCUT2D eigenvalue weighted by atomic mass is 9.80. The Kier molecular flexibility index (Phi) is 4.43. The number of carbonyl (C=O) groups is 1. The third-order valence-electron chi connectivity index (χ3n) is 3.33. The highest BCUT2D eigenvalue weighted by Crippen LogP contribution is 2.31. The van der Waals surface area contributed by atoms with E-state index in [2.05, 4.69) is 6.92 Å². The maximum Gasteiger partial charge on any atom is 0.305 e. The molecular formula is C12H22O2.